The van der Waals surface area contributed by atoms with E-state index in [9.17, 15) is 4.79 Å². The second kappa shape index (κ2) is 6.93. The van der Waals surface area contributed by atoms with Crippen molar-refractivity contribution in [1.82, 2.24) is 0 Å². The Hall–Kier alpha value is 1.17. The maximum atomic E-state index is 11.7. The van der Waals surface area contributed by atoms with Crippen molar-refractivity contribution in [3.63, 3.8) is 0 Å². The van der Waals surface area contributed by atoms with Crippen LogP contribution in [-0.4, -0.2) is 11.8 Å². The zero-order valence-corrected chi connectivity index (χ0v) is 15.6. The Balaban J connectivity index is 2.93. The van der Waals surface area contributed by atoms with Gasteiger partial charge in [-0.25, -0.2) is 0 Å². The van der Waals surface area contributed by atoms with Crippen LogP contribution in [0, 0.1) is 16.6 Å². The standard InChI is InChI=1S/C10H9ClI3NO/c1-5(4-11)10(16)15-9-7(13)2-6(12)3-8(9)14/h2-3,5H,4H2,1H3,(H,15,16). The predicted molar refractivity (Wildman–Crippen MR) is 93.1 cm³/mol. The molecular weight excluding hydrogens is 566 g/mol. The van der Waals surface area contributed by atoms with Gasteiger partial charge in [0, 0.05) is 22.5 Å². The first-order valence-corrected chi connectivity index (χ1v) is 8.24. The average Bonchev–Trinajstić information content (AvgIpc) is 2.21. The number of hydrogen-bond acceptors (Lipinski definition) is 1. The molecule has 0 saturated heterocycles. The number of halogens is 4. The van der Waals surface area contributed by atoms with E-state index in [0.29, 0.717) is 5.88 Å². The second-order valence-corrected chi connectivity index (χ2v) is 7.17. The molecular formula is C10H9ClI3NO. The third-order valence-corrected chi connectivity index (χ3v) is 4.72. The lowest BCUT2D eigenvalue weighted by molar-refractivity contribution is -0.118. The number of carbonyl (C=O) groups excluding carboxylic acids is 1. The largest absolute Gasteiger partial charge is 0.324 e. The molecule has 1 aromatic rings. The molecule has 88 valence electrons. The first kappa shape index (κ1) is 15.2. The highest BCUT2D eigenvalue weighted by Crippen LogP contribution is 2.27. The summed E-state index contributed by atoms with van der Waals surface area (Å²) in [6.07, 6.45) is 0. The van der Waals surface area contributed by atoms with Gasteiger partial charge in [0.1, 0.15) is 0 Å². The molecule has 1 atom stereocenters. The number of benzene rings is 1. The fourth-order valence-electron chi connectivity index (χ4n) is 0.978. The first-order chi connectivity index (χ1) is 7.45. The van der Waals surface area contributed by atoms with E-state index in [1.807, 2.05) is 19.1 Å². The number of hydrogen-bond donors (Lipinski definition) is 1. The molecule has 0 radical (unpaired) electrons. The molecule has 0 spiro atoms. The van der Waals surface area contributed by atoms with Gasteiger partial charge in [-0.05, 0) is 79.9 Å². The SMILES string of the molecule is CC(CCl)C(=O)Nc1c(I)cc(I)cc1I. The normalized spacial score (nSPS) is 12.3. The number of carbonyl (C=O) groups is 1. The zero-order valence-electron chi connectivity index (χ0n) is 8.36. The third-order valence-electron chi connectivity index (χ3n) is 1.93. The predicted octanol–water partition coefficient (Wildman–Crippen LogP) is 4.31. The minimum atomic E-state index is -0.174. The molecule has 0 aromatic heterocycles. The fourth-order valence-corrected chi connectivity index (χ4v) is 4.97. The second-order valence-electron chi connectivity index (χ2n) is 3.29. The number of alkyl halides is 1. The molecule has 0 aliphatic rings. The molecule has 1 aromatic carbocycles. The molecule has 1 N–H and O–H groups in total. The Morgan fingerprint density at radius 1 is 1.38 bits per heavy atom. The van der Waals surface area contributed by atoms with Crippen molar-refractivity contribution in [3.05, 3.63) is 22.8 Å². The van der Waals surface area contributed by atoms with E-state index in [1.54, 1.807) is 0 Å². The van der Waals surface area contributed by atoms with Crippen LogP contribution in [-0.2, 0) is 4.79 Å². The van der Waals surface area contributed by atoms with Crippen LogP contribution in [0.5, 0.6) is 0 Å². The molecule has 0 saturated carbocycles. The van der Waals surface area contributed by atoms with Crippen molar-refractivity contribution >= 4 is 91.0 Å². The van der Waals surface area contributed by atoms with Crippen molar-refractivity contribution in [2.75, 3.05) is 11.2 Å². The van der Waals surface area contributed by atoms with E-state index in [1.165, 1.54) is 0 Å². The van der Waals surface area contributed by atoms with Crippen LogP contribution >= 0.6 is 79.4 Å². The molecule has 0 heterocycles. The number of nitrogens with one attached hydrogen (secondary N) is 1. The molecule has 6 heteroatoms. The molecule has 0 fully saturated rings. The van der Waals surface area contributed by atoms with Crippen molar-refractivity contribution in [2.24, 2.45) is 5.92 Å². The zero-order chi connectivity index (χ0) is 12.3. The number of anilines is 1. The molecule has 1 amide bonds. The lowest BCUT2D eigenvalue weighted by Gasteiger charge is -2.13. The van der Waals surface area contributed by atoms with Gasteiger partial charge < -0.3 is 5.32 Å². The van der Waals surface area contributed by atoms with E-state index in [0.717, 1.165) is 16.4 Å². The van der Waals surface area contributed by atoms with Crippen molar-refractivity contribution in [2.45, 2.75) is 6.92 Å². The van der Waals surface area contributed by atoms with Crippen LogP contribution in [0.4, 0.5) is 5.69 Å². The maximum Gasteiger partial charge on any atom is 0.228 e. The Morgan fingerprint density at radius 3 is 2.31 bits per heavy atom. The summed E-state index contributed by atoms with van der Waals surface area (Å²) in [4.78, 5) is 11.7. The quantitative estimate of drug-likeness (QED) is 0.423. The van der Waals surface area contributed by atoms with E-state index < -0.39 is 0 Å². The van der Waals surface area contributed by atoms with E-state index in [2.05, 4.69) is 73.1 Å². The van der Waals surface area contributed by atoms with Crippen LogP contribution in [0.25, 0.3) is 0 Å². The van der Waals surface area contributed by atoms with Crippen LogP contribution in [0.15, 0.2) is 12.1 Å². The van der Waals surface area contributed by atoms with Gasteiger partial charge in [-0.15, -0.1) is 11.6 Å². The van der Waals surface area contributed by atoms with E-state index in [4.69, 9.17) is 11.6 Å². The van der Waals surface area contributed by atoms with Crippen LogP contribution in [0.3, 0.4) is 0 Å². The Bertz CT molecular complexity index is 388. The molecule has 0 aliphatic heterocycles. The molecule has 0 aliphatic carbocycles. The van der Waals surface area contributed by atoms with Gasteiger partial charge in [0.2, 0.25) is 5.91 Å². The molecule has 1 unspecified atom stereocenters. The van der Waals surface area contributed by atoms with Crippen molar-refractivity contribution in [3.8, 4) is 0 Å². The van der Waals surface area contributed by atoms with Gasteiger partial charge in [0.15, 0.2) is 0 Å². The van der Waals surface area contributed by atoms with Crippen molar-refractivity contribution < 1.29 is 4.79 Å². The van der Waals surface area contributed by atoms with Gasteiger partial charge >= 0.3 is 0 Å². The maximum absolute atomic E-state index is 11.7. The highest BCUT2D eigenvalue weighted by molar-refractivity contribution is 14.1. The van der Waals surface area contributed by atoms with Gasteiger partial charge in [-0.3, -0.25) is 4.79 Å². The smallest absolute Gasteiger partial charge is 0.228 e. The van der Waals surface area contributed by atoms with Gasteiger partial charge in [0.25, 0.3) is 0 Å². The lowest BCUT2D eigenvalue weighted by atomic mass is 10.2. The van der Waals surface area contributed by atoms with E-state index >= 15 is 0 Å². The summed E-state index contributed by atoms with van der Waals surface area (Å²) in [5.74, 6) is 0.128. The Labute approximate surface area is 141 Å². The molecule has 0 bridgehead atoms. The topological polar surface area (TPSA) is 29.1 Å². The molecule has 2 nitrogen and oxygen atoms in total. The third kappa shape index (κ3) is 4.13. The van der Waals surface area contributed by atoms with Gasteiger partial charge in [0.05, 0.1) is 5.69 Å². The first-order valence-electron chi connectivity index (χ1n) is 4.47. The highest BCUT2D eigenvalue weighted by atomic mass is 127. The minimum absolute atomic E-state index is 0.0351. The monoisotopic (exact) mass is 575 g/mol. The fraction of sp³-hybridized carbons (Fsp3) is 0.300. The van der Waals surface area contributed by atoms with Crippen molar-refractivity contribution in [1.29, 1.82) is 0 Å². The Kier molecular flexibility index (Phi) is 6.60. The van der Waals surface area contributed by atoms with E-state index in [-0.39, 0.29) is 11.8 Å². The van der Waals surface area contributed by atoms with Crippen LogP contribution in [0.2, 0.25) is 0 Å². The number of amides is 1. The summed E-state index contributed by atoms with van der Waals surface area (Å²) in [5, 5.41) is 2.91. The summed E-state index contributed by atoms with van der Waals surface area (Å²) in [7, 11) is 0. The Morgan fingerprint density at radius 2 is 1.88 bits per heavy atom. The minimum Gasteiger partial charge on any atom is -0.324 e. The van der Waals surface area contributed by atoms with Gasteiger partial charge in [-0.2, -0.15) is 0 Å². The average molecular weight is 575 g/mol. The summed E-state index contributed by atoms with van der Waals surface area (Å²) in [6.45, 7) is 1.81. The van der Waals surface area contributed by atoms with Crippen LogP contribution in [0.1, 0.15) is 6.92 Å². The summed E-state index contributed by atoms with van der Waals surface area (Å²) in [5.41, 5.74) is 0.878. The summed E-state index contributed by atoms with van der Waals surface area (Å²) in [6, 6.07) is 4.06. The lowest BCUT2D eigenvalue weighted by Crippen LogP contribution is -2.22. The van der Waals surface area contributed by atoms with Crippen LogP contribution < -0.4 is 5.32 Å². The van der Waals surface area contributed by atoms with Gasteiger partial charge in [-0.1, -0.05) is 6.92 Å². The summed E-state index contributed by atoms with van der Waals surface area (Å²) >= 11 is 12.4. The molecule has 1 rings (SSSR count). The highest BCUT2D eigenvalue weighted by Gasteiger charge is 2.15. The summed E-state index contributed by atoms with van der Waals surface area (Å²) < 4.78 is 3.25. The number of rotatable bonds is 3. The molecule has 16 heavy (non-hydrogen) atoms.